The SMILES string of the molecule is CC1CN(c2ccc(CN)c(F)c2)CC(CO)O1. The van der Waals surface area contributed by atoms with Crippen molar-refractivity contribution in [3.8, 4) is 0 Å². The molecule has 1 saturated heterocycles. The molecule has 18 heavy (non-hydrogen) atoms. The summed E-state index contributed by atoms with van der Waals surface area (Å²) < 4.78 is 19.3. The lowest BCUT2D eigenvalue weighted by Crippen LogP contribution is -2.48. The van der Waals surface area contributed by atoms with Gasteiger partial charge in [0.1, 0.15) is 5.82 Å². The second-order valence-corrected chi connectivity index (χ2v) is 4.64. The van der Waals surface area contributed by atoms with Crippen LogP contribution in [0.5, 0.6) is 0 Å². The molecule has 1 aromatic rings. The molecule has 0 radical (unpaired) electrons. The number of aliphatic hydroxyl groups excluding tert-OH is 1. The van der Waals surface area contributed by atoms with Crippen LogP contribution in [0.3, 0.4) is 0 Å². The molecule has 2 unspecified atom stereocenters. The molecule has 3 N–H and O–H groups in total. The summed E-state index contributed by atoms with van der Waals surface area (Å²) in [5, 5.41) is 9.17. The largest absolute Gasteiger partial charge is 0.394 e. The van der Waals surface area contributed by atoms with Crippen molar-refractivity contribution in [3.05, 3.63) is 29.6 Å². The van der Waals surface area contributed by atoms with E-state index in [0.29, 0.717) is 18.7 Å². The number of morpholine rings is 1. The number of anilines is 1. The van der Waals surface area contributed by atoms with Crippen molar-refractivity contribution in [1.82, 2.24) is 0 Å². The molecule has 1 heterocycles. The molecule has 4 nitrogen and oxygen atoms in total. The zero-order chi connectivity index (χ0) is 13.1. The maximum atomic E-state index is 13.7. The van der Waals surface area contributed by atoms with Gasteiger partial charge >= 0.3 is 0 Å². The van der Waals surface area contributed by atoms with Crippen LogP contribution in [0.2, 0.25) is 0 Å². The Morgan fingerprint density at radius 2 is 2.28 bits per heavy atom. The van der Waals surface area contributed by atoms with Crippen LogP contribution < -0.4 is 10.6 Å². The number of hydrogen-bond donors (Lipinski definition) is 2. The van der Waals surface area contributed by atoms with E-state index in [0.717, 1.165) is 5.69 Å². The lowest BCUT2D eigenvalue weighted by Gasteiger charge is -2.37. The highest BCUT2D eigenvalue weighted by molar-refractivity contribution is 5.49. The van der Waals surface area contributed by atoms with Gasteiger partial charge < -0.3 is 20.5 Å². The first-order chi connectivity index (χ1) is 8.63. The summed E-state index contributed by atoms with van der Waals surface area (Å²) in [6, 6.07) is 5.06. The Morgan fingerprint density at radius 1 is 1.50 bits per heavy atom. The Balaban J connectivity index is 2.17. The van der Waals surface area contributed by atoms with Crippen molar-refractivity contribution in [3.63, 3.8) is 0 Å². The van der Waals surface area contributed by atoms with E-state index in [1.54, 1.807) is 6.07 Å². The number of ether oxygens (including phenoxy) is 1. The van der Waals surface area contributed by atoms with E-state index >= 15 is 0 Å². The highest BCUT2D eigenvalue weighted by atomic mass is 19.1. The Labute approximate surface area is 106 Å². The van der Waals surface area contributed by atoms with E-state index in [4.69, 9.17) is 15.6 Å². The highest BCUT2D eigenvalue weighted by Crippen LogP contribution is 2.22. The molecule has 0 bridgehead atoms. The number of aliphatic hydroxyl groups is 1. The Morgan fingerprint density at radius 3 is 2.89 bits per heavy atom. The van der Waals surface area contributed by atoms with Gasteiger partial charge in [0.25, 0.3) is 0 Å². The van der Waals surface area contributed by atoms with E-state index < -0.39 is 0 Å². The number of halogens is 1. The third-order valence-corrected chi connectivity index (χ3v) is 3.15. The average Bonchev–Trinajstić information content (AvgIpc) is 2.37. The molecule has 0 amide bonds. The Bertz CT molecular complexity index is 414. The van der Waals surface area contributed by atoms with E-state index in [9.17, 15) is 4.39 Å². The Hall–Kier alpha value is -1.17. The van der Waals surface area contributed by atoms with Crippen molar-refractivity contribution >= 4 is 5.69 Å². The van der Waals surface area contributed by atoms with Crippen LogP contribution in [-0.4, -0.2) is 37.0 Å². The topological polar surface area (TPSA) is 58.7 Å². The summed E-state index contributed by atoms with van der Waals surface area (Å²) in [4.78, 5) is 2.03. The number of hydrogen-bond acceptors (Lipinski definition) is 4. The molecule has 0 spiro atoms. The quantitative estimate of drug-likeness (QED) is 0.840. The molecule has 1 aromatic carbocycles. The smallest absolute Gasteiger partial charge is 0.129 e. The van der Waals surface area contributed by atoms with Gasteiger partial charge in [-0.05, 0) is 19.1 Å². The molecule has 5 heteroatoms. The number of nitrogens with two attached hydrogens (primary N) is 1. The average molecular weight is 254 g/mol. The van der Waals surface area contributed by atoms with Crippen LogP contribution in [0.1, 0.15) is 12.5 Å². The van der Waals surface area contributed by atoms with Gasteiger partial charge in [-0.3, -0.25) is 0 Å². The normalized spacial score (nSPS) is 24.3. The number of benzene rings is 1. The molecule has 1 aliphatic rings. The fourth-order valence-corrected chi connectivity index (χ4v) is 2.26. The first kappa shape index (κ1) is 13.3. The lowest BCUT2D eigenvalue weighted by molar-refractivity contribution is -0.0421. The fourth-order valence-electron chi connectivity index (χ4n) is 2.26. The van der Waals surface area contributed by atoms with Crippen LogP contribution in [0.25, 0.3) is 0 Å². The maximum Gasteiger partial charge on any atom is 0.129 e. The first-order valence-electron chi connectivity index (χ1n) is 6.13. The lowest BCUT2D eigenvalue weighted by atomic mass is 10.1. The summed E-state index contributed by atoms with van der Waals surface area (Å²) >= 11 is 0. The monoisotopic (exact) mass is 254 g/mol. The third kappa shape index (κ3) is 2.80. The predicted octanol–water partition coefficient (Wildman–Crippen LogP) is 0.870. The molecule has 2 atom stereocenters. The summed E-state index contributed by atoms with van der Waals surface area (Å²) in [7, 11) is 0. The van der Waals surface area contributed by atoms with E-state index in [1.165, 1.54) is 6.07 Å². The second kappa shape index (κ2) is 5.65. The van der Waals surface area contributed by atoms with Crippen molar-refractivity contribution in [2.75, 3.05) is 24.6 Å². The minimum Gasteiger partial charge on any atom is -0.394 e. The van der Waals surface area contributed by atoms with Crippen molar-refractivity contribution < 1.29 is 14.2 Å². The van der Waals surface area contributed by atoms with Gasteiger partial charge in [0.2, 0.25) is 0 Å². The third-order valence-electron chi connectivity index (χ3n) is 3.15. The minimum atomic E-state index is -0.283. The van der Waals surface area contributed by atoms with Crippen molar-refractivity contribution in [2.24, 2.45) is 5.73 Å². The fraction of sp³-hybridized carbons (Fsp3) is 0.538. The second-order valence-electron chi connectivity index (χ2n) is 4.64. The summed E-state index contributed by atoms with van der Waals surface area (Å²) in [5.74, 6) is -0.283. The Kier molecular flexibility index (Phi) is 4.16. The summed E-state index contributed by atoms with van der Waals surface area (Å²) in [6.45, 7) is 3.38. The zero-order valence-electron chi connectivity index (χ0n) is 10.5. The van der Waals surface area contributed by atoms with Crippen molar-refractivity contribution in [1.29, 1.82) is 0 Å². The van der Waals surface area contributed by atoms with Gasteiger partial charge in [0.05, 0.1) is 18.8 Å². The predicted molar refractivity (Wildman–Crippen MR) is 67.9 cm³/mol. The van der Waals surface area contributed by atoms with Crippen LogP contribution in [-0.2, 0) is 11.3 Å². The van der Waals surface area contributed by atoms with Crippen LogP contribution in [0, 0.1) is 5.82 Å². The molecule has 1 fully saturated rings. The van der Waals surface area contributed by atoms with Gasteiger partial charge in [-0.2, -0.15) is 0 Å². The molecule has 0 saturated carbocycles. The van der Waals surface area contributed by atoms with E-state index in [1.807, 2.05) is 17.9 Å². The molecule has 100 valence electrons. The molecular formula is C13H19FN2O2. The van der Waals surface area contributed by atoms with Gasteiger partial charge in [0.15, 0.2) is 0 Å². The van der Waals surface area contributed by atoms with Crippen LogP contribution in [0.4, 0.5) is 10.1 Å². The highest BCUT2D eigenvalue weighted by Gasteiger charge is 2.25. The summed E-state index contributed by atoms with van der Waals surface area (Å²) in [6.07, 6.45) is -0.195. The van der Waals surface area contributed by atoms with Gasteiger partial charge in [0, 0.05) is 30.9 Å². The molecule has 0 aliphatic carbocycles. The first-order valence-corrected chi connectivity index (χ1v) is 6.13. The minimum absolute atomic E-state index is 0.0214. The zero-order valence-corrected chi connectivity index (χ0v) is 10.5. The maximum absolute atomic E-state index is 13.7. The van der Waals surface area contributed by atoms with Gasteiger partial charge in [-0.15, -0.1) is 0 Å². The van der Waals surface area contributed by atoms with Gasteiger partial charge in [-0.1, -0.05) is 6.07 Å². The summed E-state index contributed by atoms with van der Waals surface area (Å²) in [5.41, 5.74) is 6.75. The van der Waals surface area contributed by atoms with Gasteiger partial charge in [-0.25, -0.2) is 4.39 Å². The molecule has 0 aromatic heterocycles. The van der Waals surface area contributed by atoms with Crippen LogP contribution in [0.15, 0.2) is 18.2 Å². The van der Waals surface area contributed by atoms with Crippen molar-refractivity contribution in [2.45, 2.75) is 25.7 Å². The van der Waals surface area contributed by atoms with Crippen LogP contribution >= 0.6 is 0 Å². The van der Waals surface area contributed by atoms with E-state index in [2.05, 4.69) is 0 Å². The standard InChI is InChI=1S/C13H19FN2O2/c1-9-6-16(7-12(8-17)18-9)11-3-2-10(5-15)13(14)4-11/h2-4,9,12,17H,5-8,15H2,1H3. The molecular weight excluding hydrogens is 235 g/mol. The molecule has 1 aliphatic heterocycles. The number of nitrogens with zero attached hydrogens (tertiary/aromatic N) is 1. The molecule has 2 rings (SSSR count). The van der Waals surface area contributed by atoms with E-state index in [-0.39, 0.29) is 31.2 Å². The number of rotatable bonds is 3.